The number of likely N-dealkylation sites (N-methyl/N-ethyl adjacent to an activating group) is 2. The molecule has 0 aliphatic carbocycles. The summed E-state index contributed by atoms with van der Waals surface area (Å²) in [6.07, 6.45) is 0. The van der Waals surface area contributed by atoms with Gasteiger partial charge in [-0.2, -0.15) is 0 Å². The van der Waals surface area contributed by atoms with E-state index in [1.807, 2.05) is 6.92 Å². The molecule has 2 rings (SSSR count). The summed E-state index contributed by atoms with van der Waals surface area (Å²) < 4.78 is 0. The Morgan fingerprint density at radius 1 is 1.00 bits per heavy atom. The normalized spacial score (nSPS) is 43.8. The first-order valence-corrected chi connectivity index (χ1v) is 7.07. The smallest absolute Gasteiger partial charge is 0.240 e. The lowest BCUT2D eigenvalue weighted by atomic mass is 9.94. The molecule has 18 heavy (non-hydrogen) atoms. The minimum absolute atomic E-state index is 0.00862. The molecule has 5 atom stereocenters. The molecule has 2 aliphatic heterocycles. The summed E-state index contributed by atoms with van der Waals surface area (Å²) in [4.78, 5) is 19.4. The number of piperazine rings is 1. The molecule has 4 nitrogen and oxygen atoms in total. The van der Waals surface area contributed by atoms with E-state index in [9.17, 15) is 4.79 Å². The molecule has 0 aromatic heterocycles. The average Bonchev–Trinajstić information content (AvgIpc) is 2.42. The number of fused-ring (bicyclic) bond motifs is 1. The van der Waals surface area contributed by atoms with Crippen molar-refractivity contribution in [3.63, 3.8) is 0 Å². The van der Waals surface area contributed by atoms with Gasteiger partial charge < -0.3 is 9.80 Å². The van der Waals surface area contributed by atoms with Crippen LogP contribution in [0.2, 0.25) is 0 Å². The van der Waals surface area contributed by atoms with E-state index in [0.717, 1.165) is 13.1 Å². The van der Waals surface area contributed by atoms with Crippen molar-refractivity contribution in [2.75, 3.05) is 27.2 Å². The van der Waals surface area contributed by atoms with Gasteiger partial charge >= 0.3 is 0 Å². The van der Waals surface area contributed by atoms with Crippen LogP contribution in [-0.4, -0.2) is 72.0 Å². The second-order valence-electron chi connectivity index (χ2n) is 6.33. The summed E-state index contributed by atoms with van der Waals surface area (Å²) in [6.45, 7) is 10.8. The topological polar surface area (TPSA) is 26.8 Å². The van der Waals surface area contributed by atoms with Crippen molar-refractivity contribution in [1.29, 1.82) is 0 Å². The van der Waals surface area contributed by atoms with Crippen molar-refractivity contribution in [2.24, 2.45) is 5.92 Å². The van der Waals surface area contributed by atoms with Crippen LogP contribution in [-0.2, 0) is 4.79 Å². The van der Waals surface area contributed by atoms with Crippen LogP contribution >= 0.6 is 0 Å². The second kappa shape index (κ2) is 4.82. The SMILES string of the molecule is CC1CN(C)CC2C(C)N(C)C(C)C(=O)N2C1C. The summed E-state index contributed by atoms with van der Waals surface area (Å²) in [5.74, 6) is 0.835. The first kappa shape index (κ1) is 13.8. The van der Waals surface area contributed by atoms with Crippen LogP contribution < -0.4 is 0 Å². The number of amides is 1. The van der Waals surface area contributed by atoms with Crippen LogP contribution in [0.25, 0.3) is 0 Å². The predicted molar refractivity (Wildman–Crippen MR) is 73.4 cm³/mol. The number of rotatable bonds is 0. The molecular weight excluding hydrogens is 226 g/mol. The van der Waals surface area contributed by atoms with Gasteiger partial charge in [-0.15, -0.1) is 0 Å². The molecule has 2 aliphatic rings. The zero-order valence-corrected chi connectivity index (χ0v) is 12.6. The number of hydrogen-bond acceptors (Lipinski definition) is 3. The fourth-order valence-corrected chi connectivity index (χ4v) is 3.47. The van der Waals surface area contributed by atoms with E-state index in [2.05, 4.69) is 49.6 Å². The van der Waals surface area contributed by atoms with Crippen molar-refractivity contribution >= 4 is 5.91 Å². The summed E-state index contributed by atoms with van der Waals surface area (Å²) in [5.41, 5.74) is 0. The van der Waals surface area contributed by atoms with Gasteiger partial charge in [-0.05, 0) is 40.8 Å². The largest absolute Gasteiger partial charge is 0.332 e. The van der Waals surface area contributed by atoms with Gasteiger partial charge in [0.1, 0.15) is 0 Å². The molecule has 0 N–H and O–H groups in total. The maximum Gasteiger partial charge on any atom is 0.240 e. The summed E-state index contributed by atoms with van der Waals surface area (Å²) in [6, 6.07) is 1.09. The van der Waals surface area contributed by atoms with Gasteiger partial charge in [-0.25, -0.2) is 0 Å². The van der Waals surface area contributed by atoms with Crippen molar-refractivity contribution < 1.29 is 4.79 Å². The highest BCUT2D eigenvalue weighted by Crippen LogP contribution is 2.29. The molecule has 2 saturated heterocycles. The van der Waals surface area contributed by atoms with E-state index in [0.29, 0.717) is 30.0 Å². The lowest BCUT2D eigenvalue weighted by Crippen LogP contribution is -2.67. The molecule has 104 valence electrons. The predicted octanol–water partition coefficient (Wildman–Crippen LogP) is 0.876. The van der Waals surface area contributed by atoms with Crippen LogP contribution in [0.4, 0.5) is 0 Å². The Morgan fingerprint density at radius 2 is 1.61 bits per heavy atom. The summed E-state index contributed by atoms with van der Waals surface area (Å²) in [5, 5.41) is 0. The zero-order valence-electron chi connectivity index (χ0n) is 12.6. The third-order valence-electron chi connectivity index (χ3n) is 5.14. The van der Waals surface area contributed by atoms with Crippen molar-refractivity contribution in [3.8, 4) is 0 Å². The quantitative estimate of drug-likeness (QED) is 0.641. The molecule has 5 unspecified atom stereocenters. The highest BCUT2D eigenvalue weighted by Gasteiger charge is 2.45. The Kier molecular flexibility index (Phi) is 3.70. The van der Waals surface area contributed by atoms with E-state index in [4.69, 9.17) is 0 Å². The molecule has 0 radical (unpaired) electrons. The monoisotopic (exact) mass is 253 g/mol. The highest BCUT2D eigenvalue weighted by molar-refractivity contribution is 5.83. The number of carbonyl (C=O) groups is 1. The van der Waals surface area contributed by atoms with Crippen molar-refractivity contribution in [3.05, 3.63) is 0 Å². The number of nitrogens with zero attached hydrogens (tertiary/aromatic N) is 3. The van der Waals surface area contributed by atoms with Crippen LogP contribution in [0.15, 0.2) is 0 Å². The van der Waals surface area contributed by atoms with Crippen LogP contribution in [0, 0.1) is 5.92 Å². The van der Waals surface area contributed by atoms with Gasteiger partial charge in [0, 0.05) is 25.2 Å². The molecule has 4 heteroatoms. The van der Waals surface area contributed by atoms with Crippen LogP contribution in [0.3, 0.4) is 0 Å². The van der Waals surface area contributed by atoms with E-state index in [1.165, 1.54) is 0 Å². The maximum absolute atomic E-state index is 12.6. The minimum atomic E-state index is 0.00862. The number of carbonyl (C=O) groups excluding carboxylic acids is 1. The average molecular weight is 253 g/mol. The first-order chi connectivity index (χ1) is 8.34. The Bertz CT molecular complexity index is 333. The molecule has 0 aromatic carbocycles. The van der Waals surface area contributed by atoms with Crippen LogP contribution in [0.1, 0.15) is 27.7 Å². The van der Waals surface area contributed by atoms with Gasteiger partial charge in [-0.1, -0.05) is 6.92 Å². The Hall–Kier alpha value is -0.610. The summed E-state index contributed by atoms with van der Waals surface area (Å²) in [7, 11) is 4.24. The Balaban J connectivity index is 2.35. The zero-order chi connectivity index (χ0) is 13.6. The molecular formula is C14H27N3O. The van der Waals surface area contributed by atoms with Gasteiger partial charge in [0.2, 0.25) is 5.91 Å². The Labute approximate surface area is 111 Å². The second-order valence-corrected chi connectivity index (χ2v) is 6.33. The molecule has 2 fully saturated rings. The summed E-state index contributed by atoms with van der Waals surface area (Å²) >= 11 is 0. The fraction of sp³-hybridized carbons (Fsp3) is 0.929. The molecule has 0 spiro atoms. The van der Waals surface area contributed by atoms with Gasteiger partial charge in [0.25, 0.3) is 0 Å². The van der Waals surface area contributed by atoms with E-state index < -0.39 is 0 Å². The standard InChI is InChI=1S/C14H27N3O/c1-9-7-15(5)8-13-11(3)16(6)12(4)14(18)17(13)10(9)2/h9-13H,7-8H2,1-6H3. The third-order valence-corrected chi connectivity index (χ3v) is 5.14. The molecule has 0 bridgehead atoms. The number of hydrogen-bond donors (Lipinski definition) is 0. The Morgan fingerprint density at radius 3 is 2.22 bits per heavy atom. The molecule has 0 aromatic rings. The lowest BCUT2D eigenvalue weighted by Gasteiger charge is -2.50. The van der Waals surface area contributed by atoms with Gasteiger partial charge in [0.05, 0.1) is 12.1 Å². The highest BCUT2D eigenvalue weighted by atomic mass is 16.2. The van der Waals surface area contributed by atoms with Crippen molar-refractivity contribution in [2.45, 2.75) is 51.9 Å². The first-order valence-electron chi connectivity index (χ1n) is 7.07. The van der Waals surface area contributed by atoms with Crippen LogP contribution in [0.5, 0.6) is 0 Å². The van der Waals surface area contributed by atoms with Gasteiger partial charge in [-0.3, -0.25) is 9.69 Å². The van der Waals surface area contributed by atoms with Gasteiger partial charge in [0.15, 0.2) is 0 Å². The molecule has 1 amide bonds. The maximum atomic E-state index is 12.6. The molecule has 2 heterocycles. The lowest BCUT2D eigenvalue weighted by molar-refractivity contribution is -0.151. The fourth-order valence-electron chi connectivity index (χ4n) is 3.47. The van der Waals surface area contributed by atoms with Crippen molar-refractivity contribution in [1.82, 2.24) is 14.7 Å². The van der Waals surface area contributed by atoms with E-state index >= 15 is 0 Å². The molecule has 0 saturated carbocycles. The van der Waals surface area contributed by atoms with E-state index in [1.54, 1.807) is 0 Å². The van der Waals surface area contributed by atoms with E-state index in [-0.39, 0.29) is 6.04 Å². The minimum Gasteiger partial charge on any atom is -0.332 e. The third kappa shape index (κ3) is 2.05.